The largest absolute Gasteiger partial charge is 0.332 e. The Labute approximate surface area is 175 Å². The van der Waals surface area contributed by atoms with E-state index < -0.39 is 0 Å². The van der Waals surface area contributed by atoms with E-state index in [9.17, 15) is 14.9 Å². The molecule has 2 aromatic rings. The lowest BCUT2D eigenvalue weighted by Gasteiger charge is -2.25. The van der Waals surface area contributed by atoms with E-state index in [0.29, 0.717) is 41.8 Å². The molecular weight excluding hydrogens is 376 g/mol. The van der Waals surface area contributed by atoms with Crippen molar-refractivity contribution in [1.82, 2.24) is 9.80 Å². The molecule has 1 atom stereocenters. The number of benzene rings is 2. The highest BCUT2D eigenvalue weighted by Gasteiger charge is 2.35. The lowest BCUT2D eigenvalue weighted by molar-refractivity contribution is 0.0711. The smallest absolute Gasteiger partial charge is 0.256 e. The van der Waals surface area contributed by atoms with E-state index >= 15 is 0 Å². The zero-order valence-corrected chi connectivity index (χ0v) is 17.3. The van der Waals surface area contributed by atoms with Crippen LogP contribution < -0.4 is 0 Å². The summed E-state index contributed by atoms with van der Waals surface area (Å²) < 4.78 is 0. The minimum absolute atomic E-state index is 0.0674. The van der Waals surface area contributed by atoms with E-state index in [0.717, 1.165) is 16.7 Å². The van der Waals surface area contributed by atoms with E-state index in [-0.39, 0.29) is 23.9 Å². The fourth-order valence-corrected chi connectivity index (χ4v) is 4.36. The number of amides is 2. The Morgan fingerprint density at radius 2 is 1.63 bits per heavy atom. The van der Waals surface area contributed by atoms with Gasteiger partial charge in [0.05, 0.1) is 22.8 Å². The molecule has 2 aliphatic rings. The third-order valence-corrected chi connectivity index (χ3v) is 6.05. The molecule has 0 bridgehead atoms. The molecule has 0 aliphatic carbocycles. The van der Waals surface area contributed by atoms with Crippen LogP contribution in [0.1, 0.15) is 69.3 Å². The molecule has 0 radical (unpaired) electrons. The molecule has 30 heavy (non-hydrogen) atoms. The molecule has 2 aromatic carbocycles. The molecule has 0 N–H and O–H groups in total. The lowest BCUT2D eigenvalue weighted by atomic mass is 9.94. The summed E-state index contributed by atoms with van der Waals surface area (Å²) in [7, 11) is 0. The zero-order chi connectivity index (χ0) is 21.6. The molecule has 1 unspecified atom stereocenters. The maximum atomic E-state index is 12.9. The SMILES string of the molecule is CC(C)N1Cc2ccc(CC(C)N3Cc4ccc(C#N)cc4C3=O)c(C#N)c2C1=O. The normalized spacial score (nSPS) is 15.8. The molecule has 0 fully saturated rings. The van der Waals surface area contributed by atoms with E-state index in [2.05, 4.69) is 12.1 Å². The Morgan fingerprint density at radius 3 is 2.30 bits per heavy atom. The number of carbonyl (C=O) groups is 2. The topological polar surface area (TPSA) is 88.2 Å². The van der Waals surface area contributed by atoms with Crippen LogP contribution in [-0.2, 0) is 19.5 Å². The van der Waals surface area contributed by atoms with Crippen LogP contribution in [0.4, 0.5) is 0 Å². The van der Waals surface area contributed by atoms with Gasteiger partial charge < -0.3 is 9.80 Å². The van der Waals surface area contributed by atoms with E-state index in [1.807, 2.05) is 39.0 Å². The van der Waals surface area contributed by atoms with Crippen molar-refractivity contribution in [3.8, 4) is 12.1 Å². The van der Waals surface area contributed by atoms with Crippen LogP contribution >= 0.6 is 0 Å². The Balaban J connectivity index is 1.61. The number of hydrogen-bond acceptors (Lipinski definition) is 4. The van der Waals surface area contributed by atoms with Crippen molar-refractivity contribution < 1.29 is 9.59 Å². The summed E-state index contributed by atoms with van der Waals surface area (Å²) in [4.78, 5) is 29.3. The second kappa shape index (κ2) is 7.31. The Morgan fingerprint density at radius 1 is 0.933 bits per heavy atom. The van der Waals surface area contributed by atoms with E-state index in [1.165, 1.54) is 0 Å². The van der Waals surface area contributed by atoms with Gasteiger partial charge in [0.15, 0.2) is 0 Å². The van der Waals surface area contributed by atoms with Crippen molar-refractivity contribution in [2.45, 2.75) is 52.4 Å². The van der Waals surface area contributed by atoms with Gasteiger partial charge in [0.2, 0.25) is 0 Å². The third kappa shape index (κ3) is 3.02. The standard InChI is InChI=1S/C24H22N4O2/c1-14(2)27-13-19-7-6-17(21(11-26)22(19)24(27)30)8-15(3)28-12-18-5-4-16(10-25)9-20(18)23(28)29/h4-7,9,14-15H,8,12-13H2,1-3H3. The Bertz CT molecular complexity index is 1150. The zero-order valence-electron chi connectivity index (χ0n) is 17.3. The van der Waals surface area contributed by atoms with Crippen LogP contribution in [-0.4, -0.2) is 33.7 Å². The summed E-state index contributed by atoms with van der Waals surface area (Å²) in [5.74, 6) is -0.198. The summed E-state index contributed by atoms with van der Waals surface area (Å²) in [5, 5.41) is 18.9. The van der Waals surface area contributed by atoms with Gasteiger partial charge >= 0.3 is 0 Å². The molecule has 0 saturated heterocycles. The number of rotatable bonds is 4. The van der Waals surface area contributed by atoms with Crippen molar-refractivity contribution in [2.75, 3.05) is 0 Å². The van der Waals surface area contributed by atoms with Crippen molar-refractivity contribution in [3.63, 3.8) is 0 Å². The second-order valence-electron chi connectivity index (χ2n) is 8.24. The Kier molecular flexibility index (Phi) is 4.79. The van der Waals surface area contributed by atoms with Crippen molar-refractivity contribution in [2.24, 2.45) is 0 Å². The Hall–Kier alpha value is -3.64. The lowest BCUT2D eigenvalue weighted by Crippen LogP contribution is -2.35. The average Bonchev–Trinajstić information content (AvgIpc) is 3.25. The van der Waals surface area contributed by atoms with Gasteiger partial charge in [-0.3, -0.25) is 9.59 Å². The summed E-state index contributed by atoms with van der Waals surface area (Å²) in [6.45, 7) is 6.89. The van der Waals surface area contributed by atoms with Crippen LogP contribution in [0.5, 0.6) is 0 Å². The van der Waals surface area contributed by atoms with Crippen LogP contribution in [0, 0.1) is 22.7 Å². The predicted octanol–water partition coefficient (Wildman–Crippen LogP) is 3.38. The summed E-state index contributed by atoms with van der Waals surface area (Å²) in [5.41, 5.74) is 4.53. The molecule has 6 nitrogen and oxygen atoms in total. The minimum atomic E-state index is -0.154. The van der Waals surface area contributed by atoms with Crippen molar-refractivity contribution in [1.29, 1.82) is 10.5 Å². The van der Waals surface area contributed by atoms with Gasteiger partial charge in [0.1, 0.15) is 6.07 Å². The summed E-state index contributed by atoms with van der Waals surface area (Å²) in [6, 6.07) is 13.3. The van der Waals surface area contributed by atoms with Gasteiger partial charge in [-0.25, -0.2) is 0 Å². The fourth-order valence-electron chi connectivity index (χ4n) is 4.36. The molecule has 150 valence electrons. The van der Waals surface area contributed by atoms with Gasteiger partial charge in [-0.2, -0.15) is 10.5 Å². The molecule has 2 amide bonds. The highest BCUT2D eigenvalue weighted by molar-refractivity contribution is 6.01. The van der Waals surface area contributed by atoms with Crippen LogP contribution in [0.3, 0.4) is 0 Å². The molecule has 0 spiro atoms. The van der Waals surface area contributed by atoms with E-state index in [1.54, 1.807) is 21.9 Å². The van der Waals surface area contributed by atoms with Crippen LogP contribution in [0.2, 0.25) is 0 Å². The first kappa shape index (κ1) is 19.7. The van der Waals surface area contributed by atoms with E-state index in [4.69, 9.17) is 5.26 Å². The maximum absolute atomic E-state index is 12.9. The number of nitriles is 2. The molecular formula is C24H22N4O2. The first-order valence-corrected chi connectivity index (χ1v) is 10.1. The van der Waals surface area contributed by atoms with Gasteiger partial charge in [0.25, 0.3) is 11.8 Å². The molecule has 6 heteroatoms. The van der Waals surface area contributed by atoms with Gasteiger partial charge in [-0.15, -0.1) is 0 Å². The molecule has 0 saturated carbocycles. The van der Waals surface area contributed by atoms with Gasteiger partial charge in [0, 0.05) is 30.7 Å². The van der Waals surface area contributed by atoms with Crippen LogP contribution in [0.15, 0.2) is 30.3 Å². The monoisotopic (exact) mass is 398 g/mol. The molecule has 0 aromatic heterocycles. The number of carbonyl (C=O) groups excluding carboxylic acids is 2. The quantitative estimate of drug-likeness (QED) is 0.790. The number of fused-ring (bicyclic) bond motifs is 2. The minimum Gasteiger partial charge on any atom is -0.332 e. The molecule has 2 heterocycles. The van der Waals surface area contributed by atoms with Crippen molar-refractivity contribution in [3.05, 3.63) is 69.3 Å². The molecule has 4 rings (SSSR count). The maximum Gasteiger partial charge on any atom is 0.256 e. The van der Waals surface area contributed by atoms with Crippen molar-refractivity contribution >= 4 is 11.8 Å². The van der Waals surface area contributed by atoms with Crippen LogP contribution in [0.25, 0.3) is 0 Å². The third-order valence-electron chi connectivity index (χ3n) is 6.05. The summed E-state index contributed by atoms with van der Waals surface area (Å²) >= 11 is 0. The highest BCUT2D eigenvalue weighted by atomic mass is 16.2. The first-order valence-electron chi connectivity index (χ1n) is 10.1. The van der Waals surface area contributed by atoms with Gasteiger partial charge in [-0.05, 0) is 56.0 Å². The number of nitrogens with zero attached hydrogens (tertiary/aromatic N) is 4. The first-order chi connectivity index (χ1) is 14.3. The number of hydrogen-bond donors (Lipinski definition) is 0. The van der Waals surface area contributed by atoms with Gasteiger partial charge in [-0.1, -0.05) is 18.2 Å². The highest BCUT2D eigenvalue weighted by Crippen LogP contribution is 2.32. The fraction of sp³-hybridized carbons (Fsp3) is 0.333. The average molecular weight is 398 g/mol. The molecule has 2 aliphatic heterocycles. The second-order valence-corrected chi connectivity index (χ2v) is 8.24. The predicted molar refractivity (Wildman–Crippen MR) is 110 cm³/mol. The summed E-state index contributed by atoms with van der Waals surface area (Å²) in [6.07, 6.45) is 0.482.